The van der Waals surface area contributed by atoms with Gasteiger partial charge in [-0.15, -0.1) is 0 Å². The van der Waals surface area contributed by atoms with Crippen LogP contribution in [0.15, 0.2) is 75.9 Å². The number of amides is 1. The van der Waals surface area contributed by atoms with Gasteiger partial charge in [-0.2, -0.15) is 0 Å². The van der Waals surface area contributed by atoms with E-state index >= 15 is 0 Å². The van der Waals surface area contributed by atoms with Gasteiger partial charge in [-0.3, -0.25) is 9.59 Å². The van der Waals surface area contributed by atoms with E-state index in [1.54, 1.807) is 4.90 Å². The molecule has 2 heterocycles. The second-order valence-electron chi connectivity index (χ2n) is 8.85. The topological polar surface area (TPSA) is 59.8 Å². The van der Waals surface area contributed by atoms with Gasteiger partial charge in [0, 0.05) is 6.54 Å². The van der Waals surface area contributed by atoms with Gasteiger partial charge in [0.25, 0.3) is 5.91 Å². The summed E-state index contributed by atoms with van der Waals surface area (Å²) in [6.45, 7) is 6.96. The number of ether oxygens (including phenoxy) is 1. The number of rotatable bonds is 6. The zero-order chi connectivity index (χ0) is 23.8. The molecule has 3 aromatic carbocycles. The second kappa shape index (κ2) is 8.82. The van der Waals surface area contributed by atoms with Crippen molar-refractivity contribution in [1.29, 1.82) is 0 Å². The maximum Gasteiger partial charge on any atom is 0.291 e. The highest BCUT2D eigenvalue weighted by atomic mass is 16.5. The van der Waals surface area contributed by atoms with Gasteiger partial charge in [0.2, 0.25) is 5.76 Å². The predicted octanol–water partition coefficient (Wildman–Crippen LogP) is 5.94. The van der Waals surface area contributed by atoms with E-state index in [2.05, 4.69) is 6.92 Å². The highest BCUT2D eigenvalue weighted by Gasteiger charge is 2.42. The minimum atomic E-state index is -0.560. The van der Waals surface area contributed by atoms with Gasteiger partial charge in [-0.05, 0) is 66.8 Å². The molecule has 0 aliphatic carbocycles. The van der Waals surface area contributed by atoms with Crippen LogP contribution < -0.4 is 10.2 Å². The van der Waals surface area contributed by atoms with Crippen molar-refractivity contribution in [3.63, 3.8) is 0 Å². The number of hydrogen-bond donors (Lipinski definition) is 0. The molecule has 0 N–H and O–H groups in total. The molecular weight excluding hydrogens is 426 g/mol. The predicted molar refractivity (Wildman–Crippen MR) is 132 cm³/mol. The molecule has 1 aliphatic heterocycles. The maximum absolute atomic E-state index is 13.8. The zero-order valence-electron chi connectivity index (χ0n) is 19.6. The molecule has 0 bridgehead atoms. The summed E-state index contributed by atoms with van der Waals surface area (Å²) in [7, 11) is 0. The fourth-order valence-corrected chi connectivity index (χ4v) is 4.56. The van der Waals surface area contributed by atoms with E-state index in [4.69, 9.17) is 9.15 Å². The average molecular weight is 454 g/mol. The molecule has 0 radical (unpaired) electrons. The second-order valence-corrected chi connectivity index (χ2v) is 8.85. The summed E-state index contributed by atoms with van der Waals surface area (Å²) < 4.78 is 12.0. The third-order valence-corrected chi connectivity index (χ3v) is 6.42. The van der Waals surface area contributed by atoms with E-state index in [1.165, 1.54) is 0 Å². The van der Waals surface area contributed by atoms with Gasteiger partial charge in [-0.25, -0.2) is 0 Å². The van der Waals surface area contributed by atoms with Gasteiger partial charge < -0.3 is 14.1 Å². The summed E-state index contributed by atoms with van der Waals surface area (Å²) in [6.07, 6.45) is 0.892. The maximum atomic E-state index is 13.8. The minimum Gasteiger partial charge on any atom is -0.494 e. The number of aryl methyl sites for hydroxylation is 2. The molecule has 5 heteroatoms. The van der Waals surface area contributed by atoms with Crippen LogP contribution in [0.3, 0.4) is 0 Å². The molecule has 0 spiro atoms. The molecule has 1 aromatic heterocycles. The van der Waals surface area contributed by atoms with E-state index in [0.29, 0.717) is 29.7 Å². The molecule has 1 aliphatic rings. The highest BCUT2D eigenvalue weighted by molar-refractivity contribution is 5.99. The Bertz CT molecular complexity index is 1440. The molecule has 5 nitrogen and oxygen atoms in total. The quantitative estimate of drug-likeness (QED) is 0.362. The van der Waals surface area contributed by atoms with Crippen molar-refractivity contribution in [1.82, 2.24) is 4.90 Å². The van der Waals surface area contributed by atoms with Crippen molar-refractivity contribution in [3.05, 3.63) is 111 Å². The summed E-state index contributed by atoms with van der Waals surface area (Å²) in [5.74, 6) is 0.569. The Balaban J connectivity index is 1.71. The number of carbonyl (C=O) groups excluding carboxylic acids is 1. The third-order valence-electron chi connectivity index (χ3n) is 6.42. The first-order valence-corrected chi connectivity index (χ1v) is 11.6. The Kier molecular flexibility index (Phi) is 5.70. The third kappa shape index (κ3) is 3.77. The number of nitrogens with zero attached hydrogens (tertiary/aromatic N) is 1. The Morgan fingerprint density at radius 1 is 0.941 bits per heavy atom. The monoisotopic (exact) mass is 453 g/mol. The summed E-state index contributed by atoms with van der Waals surface area (Å²) in [5.41, 5.74) is 4.51. The van der Waals surface area contributed by atoms with Crippen LogP contribution in [0.1, 0.15) is 57.8 Å². The molecule has 0 saturated carbocycles. The lowest BCUT2D eigenvalue weighted by atomic mass is 9.97. The highest BCUT2D eigenvalue weighted by Crippen LogP contribution is 2.40. The molecular formula is C29H27NO4. The van der Waals surface area contributed by atoms with Gasteiger partial charge in [-0.1, -0.05) is 49.4 Å². The van der Waals surface area contributed by atoms with Gasteiger partial charge in [0.1, 0.15) is 11.3 Å². The molecule has 172 valence electrons. The fourth-order valence-electron chi connectivity index (χ4n) is 4.56. The van der Waals surface area contributed by atoms with Crippen molar-refractivity contribution in [3.8, 4) is 5.75 Å². The van der Waals surface area contributed by atoms with Crippen LogP contribution in [0.5, 0.6) is 5.75 Å². The van der Waals surface area contributed by atoms with E-state index in [1.807, 2.05) is 80.6 Å². The molecule has 0 saturated heterocycles. The van der Waals surface area contributed by atoms with Crippen LogP contribution in [-0.4, -0.2) is 17.4 Å². The van der Waals surface area contributed by atoms with E-state index < -0.39 is 6.04 Å². The first-order valence-electron chi connectivity index (χ1n) is 11.6. The largest absolute Gasteiger partial charge is 0.494 e. The van der Waals surface area contributed by atoms with Gasteiger partial charge in [0.05, 0.1) is 23.6 Å². The number of carbonyl (C=O) groups is 1. The number of fused-ring (bicyclic) bond motifs is 2. The van der Waals surface area contributed by atoms with Crippen LogP contribution in [0, 0.1) is 13.8 Å². The Hall–Kier alpha value is -3.86. The first-order chi connectivity index (χ1) is 16.5. The van der Waals surface area contributed by atoms with Crippen molar-refractivity contribution in [2.24, 2.45) is 0 Å². The Labute approximate surface area is 198 Å². The van der Waals surface area contributed by atoms with Crippen LogP contribution in [0.2, 0.25) is 0 Å². The minimum absolute atomic E-state index is 0.126. The molecule has 34 heavy (non-hydrogen) atoms. The van der Waals surface area contributed by atoms with Crippen LogP contribution in [0.4, 0.5) is 0 Å². The Morgan fingerprint density at radius 2 is 1.71 bits per heavy atom. The summed E-state index contributed by atoms with van der Waals surface area (Å²) >= 11 is 0. The van der Waals surface area contributed by atoms with Crippen molar-refractivity contribution < 1.29 is 13.9 Å². The summed E-state index contributed by atoms with van der Waals surface area (Å²) in [4.78, 5) is 29.2. The lowest BCUT2D eigenvalue weighted by Gasteiger charge is -2.25. The summed E-state index contributed by atoms with van der Waals surface area (Å²) in [6, 6.07) is 20.6. The standard InChI is InChI=1S/C29H27NO4/c1-4-13-33-22-12-8-11-21(16-22)26-25-27(31)23-14-18(2)19(3)15-24(23)34-28(25)29(32)30(26)17-20-9-6-5-7-10-20/h5-12,14-16,26H,4,13,17H2,1-3H3/t26-/m0/s1. The van der Waals surface area contributed by atoms with Crippen LogP contribution in [-0.2, 0) is 6.54 Å². The van der Waals surface area contributed by atoms with Crippen LogP contribution >= 0.6 is 0 Å². The van der Waals surface area contributed by atoms with Crippen molar-refractivity contribution >= 4 is 16.9 Å². The molecule has 1 amide bonds. The average Bonchev–Trinajstić information content (AvgIpc) is 3.11. The normalized spacial score (nSPS) is 15.1. The van der Waals surface area contributed by atoms with Gasteiger partial charge >= 0.3 is 0 Å². The van der Waals surface area contributed by atoms with E-state index in [9.17, 15) is 9.59 Å². The lowest BCUT2D eigenvalue weighted by Crippen LogP contribution is -2.29. The zero-order valence-corrected chi connectivity index (χ0v) is 19.6. The summed E-state index contributed by atoms with van der Waals surface area (Å²) in [5, 5.41) is 0.500. The van der Waals surface area contributed by atoms with Crippen molar-refractivity contribution in [2.45, 2.75) is 39.8 Å². The first kappa shape index (κ1) is 22.0. The smallest absolute Gasteiger partial charge is 0.291 e. The fraction of sp³-hybridized carbons (Fsp3) is 0.241. The Morgan fingerprint density at radius 3 is 2.47 bits per heavy atom. The lowest BCUT2D eigenvalue weighted by molar-refractivity contribution is 0.0714. The molecule has 5 rings (SSSR count). The molecule has 1 atom stereocenters. The van der Waals surface area contributed by atoms with Crippen LogP contribution in [0.25, 0.3) is 11.0 Å². The van der Waals surface area contributed by atoms with Gasteiger partial charge in [0.15, 0.2) is 5.43 Å². The van der Waals surface area contributed by atoms with E-state index in [0.717, 1.165) is 34.4 Å². The SMILES string of the molecule is CCCOc1cccc([C@H]2c3c(oc4cc(C)c(C)cc4c3=O)C(=O)N2Cc2ccccc2)c1. The number of benzene rings is 3. The van der Waals surface area contributed by atoms with E-state index in [-0.39, 0.29) is 17.1 Å². The molecule has 0 unspecified atom stereocenters. The molecule has 4 aromatic rings. The molecule has 0 fully saturated rings. The van der Waals surface area contributed by atoms with Crippen molar-refractivity contribution in [2.75, 3.05) is 6.61 Å². The number of hydrogen-bond acceptors (Lipinski definition) is 4.